The summed E-state index contributed by atoms with van der Waals surface area (Å²) < 4.78 is 22.2. The zero-order chi connectivity index (χ0) is 33.6. The van der Waals surface area contributed by atoms with Gasteiger partial charge < -0.3 is 29.2 Å². The van der Waals surface area contributed by atoms with Crippen molar-refractivity contribution in [2.45, 2.75) is 75.1 Å². The molecule has 1 aliphatic heterocycles. The van der Waals surface area contributed by atoms with Crippen LogP contribution in [0.4, 0.5) is 0 Å². The number of hydrogen-bond acceptors (Lipinski definition) is 6. The molecule has 0 bridgehead atoms. The van der Waals surface area contributed by atoms with E-state index in [4.69, 9.17) is 9.47 Å². The summed E-state index contributed by atoms with van der Waals surface area (Å²) in [4.78, 5) is 0. The topological polar surface area (TPSA) is 77.4 Å². The third kappa shape index (κ3) is 9.70. The first kappa shape index (κ1) is 39.2. The summed E-state index contributed by atoms with van der Waals surface area (Å²) in [7, 11) is 1.57. The normalized spacial score (nSPS) is 18.5. The molecule has 4 aromatic carbocycles. The van der Waals surface area contributed by atoms with Gasteiger partial charge in [0.15, 0.2) is 12.6 Å². The maximum atomic E-state index is 12.6. The first-order valence-electron chi connectivity index (χ1n) is 16.3. The molecular formula is C41H49O6Ti+. The Morgan fingerprint density at radius 2 is 0.938 bits per heavy atom. The number of allylic oxidation sites excluding steroid dienone is 1. The first-order valence-corrected chi connectivity index (χ1v) is 16.3. The van der Waals surface area contributed by atoms with Crippen molar-refractivity contribution >= 4 is 0 Å². The molecule has 2 aliphatic rings. The molecule has 0 aromatic heterocycles. The average Bonchev–Trinajstić information content (AvgIpc) is 3.82. The number of aliphatic hydroxyl groups is 2. The molecule has 2 N–H and O–H groups in total. The molecule has 7 heteroatoms. The zero-order valence-electron chi connectivity index (χ0n) is 28.3. The molecule has 0 radical (unpaired) electrons. The molecule has 0 unspecified atom stereocenters. The van der Waals surface area contributed by atoms with E-state index in [2.05, 4.69) is 16.4 Å². The van der Waals surface area contributed by atoms with Gasteiger partial charge in [0.2, 0.25) is 0 Å². The molecule has 2 fully saturated rings. The summed E-state index contributed by atoms with van der Waals surface area (Å²) in [6.45, 7) is 7.32. The smallest absolute Gasteiger partial charge is 0.565 e. The van der Waals surface area contributed by atoms with Gasteiger partial charge in [0.05, 0.1) is 0 Å². The predicted molar refractivity (Wildman–Crippen MR) is 186 cm³/mol. The van der Waals surface area contributed by atoms with E-state index in [-0.39, 0.29) is 21.7 Å². The minimum absolute atomic E-state index is 0. The molecule has 2 atom stereocenters. The number of benzene rings is 4. The fourth-order valence-corrected chi connectivity index (χ4v) is 6.19. The van der Waals surface area contributed by atoms with Gasteiger partial charge in [0, 0.05) is 7.11 Å². The van der Waals surface area contributed by atoms with Crippen LogP contribution >= 0.6 is 0 Å². The molecule has 6 rings (SSSR count). The Morgan fingerprint density at radius 3 is 1.19 bits per heavy atom. The van der Waals surface area contributed by atoms with E-state index in [1.807, 2.05) is 135 Å². The molecule has 252 valence electrons. The van der Waals surface area contributed by atoms with Crippen molar-refractivity contribution in [3.05, 3.63) is 163 Å². The van der Waals surface area contributed by atoms with Crippen molar-refractivity contribution in [1.29, 1.82) is 0 Å². The van der Waals surface area contributed by atoms with Crippen molar-refractivity contribution in [2.24, 2.45) is 0 Å². The van der Waals surface area contributed by atoms with E-state index in [0.29, 0.717) is 29.0 Å². The summed E-state index contributed by atoms with van der Waals surface area (Å²) in [5, 5.41) is 25.2. The molecule has 1 saturated carbocycles. The van der Waals surface area contributed by atoms with E-state index >= 15 is 0 Å². The minimum atomic E-state index is -1.60. The fourth-order valence-electron chi connectivity index (χ4n) is 6.19. The fraction of sp³-hybridized carbons (Fsp3) is 0.341. The Labute approximate surface area is 301 Å². The van der Waals surface area contributed by atoms with E-state index in [1.54, 1.807) is 13.2 Å². The SMILES string of the molecule is C1CCCC1.CC1(C)O[C@@H](C(O)(c2ccccc2)c2ccccc2)[C@H](C(O)(c2ccccc2)c2ccccc2)O1.[CH2-]/C=C/OCOC.[Ti+2]. The van der Waals surface area contributed by atoms with Crippen LogP contribution < -0.4 is 0 Å². The van der Waals surface area contributed by atoms with Crippen LogP contribution in [0.25, 0.3) is 0 Å². The van der Waals surface area contributed by atoms with Crippen molar-refractivity contribution in [3.63, 3.8) is 0 Å². The average molecular weight is 686 g/mol. The van der Waals surface area contributed by atoms with Gasteiger partial charge in [0.1, 0.15) is 23.4 Å². The summed E-state index contributed by atoms with van der Waals surface area (Å²) in [6, 6.07) is 37.8. The Hall–Kier alpha value is -3.20. The molecule has 1 heterocycles. The molecule has 0 spiro atoms. The van der Waals surface area contributed by atoms with E-state index in [9.17, 15) is 10.2 Å². The summed E-state index contributed by atoms with van der Waals surface area (Å²) in [5.74, 6) is -1.05. The molecule has 6 nitrogen and oxygen atoms in total. The van der Waals surface area contributed by atoms with Crippen molar-refractivity contribution in [3.8, 4) is 0 Å². The van der Waals surface area contributed by atoms with Gasteiger partial charge in [-0.3, -0.25) is 0 Å². The van der Waals surface area contributed by atoms with Gasteiger partial charge in [-0.2, -0.15) is 6.08 Å². The first-order chi connectivity index (χ1) is 22.8. The van der Waals surface area contributed by atoms with E-state index < -0.39 is 29.2 Å². The van der Waals surface area contributed by atoms with Crippen LogP contribution in [-0.2, 0) is 51.9 Å². The van der Waals surface area contributed by atoms with Crippen LogP contribution in [-0.4, -0.2) is 42.1 Å². The monoisotopic (exact) mass is 685 g/mol. The quantitative estimate of drug-likeness (QED) is 0.0608. The molecule has 0 amide bonds. The van der Waals surface area contributed by atoms with Crippen LogP contribution in [0.3, 0.4) is 0 Å². The maximum Gasteiger partial charge on any atom is 2.00 e. The van der Waals surface area contributed by atoms with Crippen LogP contribution in [0, 0.1) is 6.92 Å². The number of ether oxygens (including phenoxy) is 4. The van der Waals surface area contributed by atoms with Crippen molar-refractivity contribution < 1.29 is 50.9 Å². The van der Waals surface area contributed by atoms with E-state index in [1.165, 1.54) is 38.4 Å². The van der Waals surface area contributed by atoms with Crippen LogP contribution in [0.1, 0.15) is 68.2 Å². The van der Waals surface area contributed by atoms with Crippen molar-refractivity contribution in [1.82, 2.24) is 0 Å². The van der Waals surface area contributed by atoms with Crippen molar-refractivity contribution in [2.75, 3.05) is 13.9 Å². The Bertz CT molecular complexity index is 1270. The third-order valence-electron chi connectivity index (χ3n) is 8.40. The van der Waals surface area contributed by atoms with E-state index in [0.717, 1.165) is 0 Å². The van der Waals surface area contributed by atoms with Crippen LogP contribution in [0.2, 0.25) is 0 Å². The zero-order valence-corrected chi connectivity index (χ0v) is 29.9. The van der Waals surface area contributed by atoms with Gasteiger partial charge in [-0.1, -0.05) is 160 Å². The summed E-state index contributed by atoms with van der Waals surface area (Å²) >= 11 is 0. The molecule has 1 saturated heterocycles. The van der Waals surface area contributed by atoms with Gasteiger partial charge in [0.25, 0.3) is 0 Å². The van der Waals surface area contributed by atoms with Gasteiger partial charge in [-0.25, -0.2) is 6.92 Å². The van der Waals surface area contributed by atoms with Crippen LogP contribution in [0.15, 0.2) is 134 Å². The summed E-state index contributed by atoms with van der Waals surface area (Å²) in [5.41, 5.74) is -0.564. The Kier molecular flexibility index (Phi) is 15.6. The third-order valence-corrected chi connectivity index (χ3v) is 8.40. The second-order valence-corrected chi connectivity index (χ2v) is 12.2. The number of hydrogen-bond donors (Lipinski definition) is 2. The molecule has 48 heavy (non-hydrogen) atoms. The van der Waals surface area contributed by atoms with Crippen LogP contribution in [0.5, 0.6) is 0 Å². The standard InChI is InChI=1S/C31H30O4.C5H9O2.C5H10.Ti/c1-29(2)34-27(30(32,23-15-7-3-8-16-23)24-17-9-4-10-18-24)28(35-29)31(33,25-19-11-5-12-20-25)26-21-13-6-14-22-26;1-3-4-7-5-6-2;1-2-4-5-3-1;/h3-22,27-28,32-33H,1-2H3;3-4H,1,5H2,2H3;1-5H2;/q;-1;;+2/b;4-3+;;/t27-,28-;;;/m1.../s1. The van der Waals surface area contributed by atoms with Gasteiger partial charge >= 0.3 is 21.7 Å². The Balaban J connectivity index is 0.000000408. The number of methoxy groups -OCH3 is 1. The minimum Gasteiger partial charge on any atom is -0.565 e. The van der Waals surface area contributed by atoms with Gasteiger partial charge in [-0.15, -0.1) is 0 Å². The largest absolute Gasteiger partial charge is 2.00 e. The molecular weight excluding hydrogens is 636 g/mol. The second-order valence-electron chi connectivity index (χ2n) is 12.2. The second kappa shape index (κ2) is 19.1. The maximum absolute atomic E-state index is 12.6. The summed E-state index contributed by atoms with van der Waals surface area (Å²) in [6.07, 6.45) is 8.66. The predicted octanol–water partition coefficient (Wildman–Crippen LogP) is 8.28. The molecule has 1 aliphatic carbocycles. The number of rotatable bonds is 9. The molecule has 4 aromatic rings. The Morgan fingerprint density at radius 1 is 0.646 bits per heavy atom. The van der Waals surface area contributed by atoms with Gasteiger partial charge in [-0.05, 0) is 36.1 Å².